The van der Waals surface area contributed by atoms with Gasteiger partial charge in [-0.3, -0.25) is 0 Å². The van der Waals surface area contributed by atoms with Gasteiger partial charge < -0.3 is 20.3 Å². The molecule has 0 bridgehead atoms. The Bertz CT molecular complexity index is 513. The molecule has 2 N–H and O–H groups in total. The smallest absolute Gasteiger partial charge is 0.191 e. The minimum atomic E-state index is 0. The summed E-state index contributed by atoms with van der Waals surface area (Å²) in [5, 5.41) is 6.79. The van der Waals surface area contributed by atoms with Crippen LogP contribution in [0.25, 0.3) is 0 Å². The lowest BCUT2D eigenvalue weighted by atomic mass is 10.1. The first-order valence-electron chi connectivity index (χ1n) is 8.32. The number of benzene rings is 1. The van der Waals surface area contributed by atoms with Crippen molar-refractivity contribution in [1.82, 2.24) is 10.6 Å². The van der Waals surface area contributed by atoms with Crippen molar-refractivity contribution in [1.29, 1.82) is 0 Å². The monoisotopic (exact) mass is 430 g/mol. The van der Waals surface area contributed by atoms with E-state index in [1.165, 1.54) is 24.1 Å². The number of anilines is 1. The summed E-state index contributed by atoms with van der Waals surface area (Å²) in [7, 11) is 0. The van der Waals surface area contributed by atoms with Gasteiger partial charge in [-0.1, -0.05) is 18.2 Å². The van der Waals surface area contributed by atoms with Crippen molar-refractivity contribution in [3.8, 4) is 0 Å². The summed E-state index contributed by atoms with van der Waals surface area (Å²) in [5.41, 5.74) is 2.56. The molecule has 128 valence electrons. The number of aliphatic imine (C=N–C) groups is 1. The van der Waals surface area contributed by atoms with Gasteiger partial charge in [-0.2, -0.15) is 0 Å². The number of hydrogen-bond donors (Lipinski definition) is 2. The number of hydrogen-bond acceptors (Lipinski definition) is 3. The molecule has 3 rings (SSSR count). The summed E-state index contributed by atoms with van der Waals surface area (Å²) in [6.45, 7) is 7.24. The molecule has 1 saturated heterocycles. The molecule has 2 fully saturated rings. The molecule has 0 amide bonds. The van der Waals surface area contributed by atoms with Crippen LogP contribution in [0.4, 0.5) is 5.69 Å². The molecule has 0 atom stereocenters. The summed E-state index contributed by atoms with van der Waals surface area (Å²) in [4.78, 5) is 7.15. The molecule has 6 heteroatoms. The van der Waals surface area contributed by atoms with Crippen LogP contribution < -0.4 is 15.5 Å². The van der Waals surface area contributed by atoms with Gasteiger partial charge in [0.15, 0.2) is 5.96 Å². The standard InChI is InChI=1S/C17H26N4O.HI/c1-2-18-17(20-15-7-8-15)19-13-14-5-3-4-6-16(14)21-9-11-22-12-10-21;/h3-6,15H,2,7-13H2,1H3,(H2,18,19,20);1H. The summed E-state index contributed by atoms with van der Waals surface area (Å²) >= 11 is 0. The quantitative estimate of drug-likeness (QED) is 0.428. The van der Waals surface area contributed by atoms with Gasteiger partial charge in [0.2, 0.25) is 0 Å². The van der Waals surface area contributed by atoms with Crippen LogP contribution in [0.5, 0.6) is 0 Å². The van der Waals surface area contributed by atoms with Crippen molar-refractivity contribution in [2.24, 2.45) is 4.99 Å². The summed E-state index contributed by atoms with van der Waals surface area (Å²) in [6.07, 6.45) is 2.52. The first-order valence-corrected chi connectivity index (χ1v) is 8.32. The summed E-state index contributed by atoms with van der Waals surface area (Å²) in [5.74, 6) is 0.932. The first-order chi connectivity index (χ1) is 10.9. The summed E-state index contributed by atoms with van der Waals surface area (Å²) < 4.78 is 5.45. The third-order valence-electron chi connectivity index (χ3n) is 4.01. The Morgan fingerprint density at radius 3 is 2.70 bits per heavy atom. The Kier molecular flexibility index (Phi) is 7.42. The van der Waals surface area contributed by atoms with Crippen LogP contribution in [0, 0.1) is 0 Å². The van der Waals surface area contributed by atoms with Crippen LogP contribution in [0.2, 0.25) is 0 Å². The molecule has 0 spiro atoms. The second kappa shape index (κ2) is 9.32. The average molecular weight is 430 g/mol. The normalized spacial score (nSPS) is 18.3. The van der Waals surface area contributed by atoms with Gasteiger partial charge in [0.25, 0.3) is 0 Å². The number of halogens is 1. The fourth-order valence-corrected chi connectivity index (χ4v) is 2.66. The maximum Gasteiger partial charge on any atom is 0.191 e. The SMILES string of the molecule is CCNC(=NCc1ccccc1N1CCOCC1)NC1CC1.I. The minimum Gasteiger partial charge on any atom is -0.378 e. The fourth-order valence-electron chi connectivity index (χ4n) is 2.66. The number of guanidine groups is 1. The van der Waals surface area contributed by atoms with Crippen molar-refractivity contribution < 1.29 is 4.74 Å². The highest BCUT2D eigenvalue weighted by Gasteiger charge is 2.22. The van der Waals surface area contributed by atoms with E-state index in [0.717, 1.165) is 38.8 Å². The topological polar surface area (TPSA) is 48.9 Å². The van der Waals surface area contributed by atoms with Gasteiger partial charge in [-0.25, -0.2) is 4.99 Å². The molecule has 1 aromatic carbocycles. The minimum absolute atomic E-state index is 0. The molecule has 1 saturated carbocycles. The number of ether oxygens (including phenoxy) is 1. The zero-order valence-corrected chi connectivity index (χ0v) is 16.1. The van der Waals surface area contributed by atoms with Crippen molar-refractivity contribution in [3.63, 3.8) is 0 Å². The summed E-state index contributed by atoms with van der Waals surface area (Å²) in [6, 6.07) is 9.18. The molecule has 0 unspecified atom stereocenters. The van der Waals surface area contributed by atoms with E-state index in [0.29, 0.717) is 12.6 Å². The van der Waals surface area contributed by atoms with E-state index in [1.54, 1.807) is 0 Å². The molecular formula is C17H27IN4O. The zero-order chi connectivity index (χ0) is 15.2. The third-order valence-corrected chi connectivity index (χ3v) is 4.01. The van der Waals surface area contributed by atoms with Crippen molar-refractivity contribution in [2.75, 3.05) is 37.7 Å². The van der Waals surface area contributed by atoms with Crippen molar-refractivity contribution in [3.05, 3.63) is 29.8 Å². The van der Waals surface area contributed by atoms with E-state index in [-0.39, 0.29) is 24.0 Å². The molecule has 0 radical (unpaired) electrons. The number of rotatable bonds is 5. The number of nitrogens with one attached hydrogen (secondary N) is 2. The fraction of sp³-hybridized carbons (Fsp3) is 0.588. The van der Waals surface area contributed by atoms with Gasteiger partial charge in [0.1, 0.15) is 0 Å². The lowest BCUT2D eigenvalue weighted by Gasteiger charge is -2.30. The Morgan fingerprint density at radius 2 is 2.00 bits per heavy atom. The Labute approximate surface area is 155 Å². The lowest BCUT2D eigenvalue weighted by molar-refractivity contribution is 0.122. The second-order valence-electron chi connectivity index (χ2n) is 5.84. The molecule has 5 nitrogen and oxygen atoms in total. The molecule has 23 heavy (non-hydrogen) atoms. The van der Waals surface area contributed by atoms with Crippen molar-refractivity contribution in [2.45, 2.75) is 32.4 Å². The highest BCUT2D eigenvalue weighted by atomic mass is 127. The van der Waals surface area contributed by atoms with Gasteiger partial charge >= 0.3 is 0 Å². The molecule has 2 aliphatic rings. The Balaban J connectivity index is 0.00000192. The molecule has 1 aliphatic heterocycles. The van der Waals surface area contributed by atoms with Crippen LogP contribution in [0.3, 0.4) is 0 Å². The maximum atomic E-state index is 5.45. The van der Waals surface area contributed by atoms with Gasteiger partial charge in [-0.05, 0) is 31.4 Å². The first kappa shape index (κ1) is 18.3. The largest absolute Gasteiger partial charge is 0.378 e. The molecule has 1 aromatic rings. The van der Waals surface area contributed by atoms with Crippen LogP contribution >= 0.6 is 24.0 Å². The van der Waals surface area contributed by atoms with E-state index < -0.39 is 0 Å². The third kappa shape index (κ3) is 5.53. The van der Waals surface area contributed by atoms with Crippen LogP contribution in [-0.4, -0.2) is 44.8 Å². The predicted octanol–water partition coefficient (Wildman–Crippen LogP) is 2.36. The van der Waals surface area contributed by atoms with E-state index >= 15 is 0 Å². The van der Waals surface area contributed by atoms with Gasteiger partial charge in [0.05, 0.1) is 19.8 Å². The number of nitrogens with zero attached hydrogens (tertiary/aromatic N) is 2. The molecule has 1 heterocycles. The van der Waals surface area contributed by atoms with Crippen LogP contribution in [0.1, 0.15) is 25.3 Å². The molecular weight excluding hydrogens is 403 g/mol. The molecule has 1 aliphatic carbocycles. The molecule has 0 aromatic heterocycles. The highest BCUT2D eigenvalue weighted by Crippen LogP contribution is 2.22. The van der Waals surface area contributed by atoms with Gasteiger partial charge in [-0.15, -0.1) is 24.0 Å². The van der Waals surface area contributed by atoms with Crippen LogP contribution in [0.15, 0.2) is 29.3 Å². The Hall–Kier alpha value is -1.02. The highest BCUT2D eigenvalue weighted by molar-refractivity contribution is 14.0. The van der Waals surface area contributed by atoms with Crippen LogP contribution in [-0.2, 0) is 11.3 Å². The zero-order valence-electron chi connectivity index (χ0n) is 13.8. The average Bonchev–Trinajstić information content (AvgIpc) is 3.38. The van der Waals surface area contributed by atoms with E-state index in [4.69, 9.17) is 9.73 Å². The predicted molar refractivity (Wildman–Crippen MR) is 106 cm³/mol. The van der Waals surface area contributed by atoms with Crippen molar-refractivity contribution >= 4 is 35.6 Å². The number of morpholine rings is 1. The van der Waals surface area contributed by atoms with E-state index in [1.807, 2.05) is 0 Å². The maximum absolute atomic E-state index is 5.45. The lowest BCUT2D eigenvalue weighted by Crippen LogP contribution is -2.38. The van der Waals surface area contributed by atoms with Gasteiger partial charge in [0, 0.05) is 31.4 Å². The van der Waals surface area contributed by atoms with E-state index in [9.17, 15) is 0 Å². The second-order valence-corrected chi connectivity index (χ2v) is 5.84. The number of para-hydroxylation sites is 1. The Morgan fingerprint density at radius 1 is 1.26 bits per heavy atom. The van der Waals surface area contributed by atoms with E-state index in [2.05, 4.69) is 46.7 Å².